The summed E-state index contributed by atoms with van der Waals surface area (Å²) in [5, 5.41) is 7.53. The SMILES string of the molecule is CN=C(NCC(C)COCc1ccccc1)N1CCN(c2cnn(C)c2)C(=O)C1. The maximum absolute atomic E-state index is 12.6. The van der Waals surface area contributed by atoms with Gasteiger partial charge in [0.15, 0.2) is 5.96 Å². The van der Waals surface area contributed by atoms with Crippen LogP contribution in [0.2, 0.25) is 0 Å². The van der Waals surface area contributed by atoms with Gasteiger partial charge in [-0.25, -0.2) is 0 Å². The van der Waals surface area contributed by atoms with Gasteiger partial charge in [-0.05, 0) is 11.5 Å². The van der Waals surface area contributed by atoms with Crippen molar-refractivity contribution in [1.82, 2.24) is 20.0 Å². The zero-order valence-electron chi connectivity index (χ0n) is 17.4. The van der Waals surface area contributed by atoms with E-state index < -0.39 is 0 Å². The van der Waals surface area contributed by atoms with Crippen LogP contribution in [0, 0.1) is 5.92 Å². The molecule has 0 bridgehead atoms. The van der Waals surface area contributed by atoms with Crippen LogP contribution in [0.5, 0.6) is 0 Å². The van der Waals surface area contributed by atoms with E-state index in [1.54, 1.807) is 22.8 Å². The first kappa shape index (κ1) is 20.9. The van der Waals surface area contributed by atoms with Crippen LogP contribution >= 0.6 is 0 Å². The lowest BCUT2D eigenvalue weighted by Crippen LogP contribution is -2.55. The number of nitrogens with zero attached hydrogens (tertiary/aromatic N) is 5. The lowest BCUT2D eigenvalue weighted by atomic mass is 10.2. The standard InChI is InChI=1S/C21H30N6O2/c1-17(15-29-16-18-7-5-4-6-8-18)11-23-21(22-2)26-9-10-27(20(28)14-26)19-12-24-25(3)13-19/h4-8,12-13,17H,9-11,14-16H2,1-3H3,(H,22,23). The van der Waals surface area contributed by atoms with Gasteiger partial charge in [0.05, 0.1) is 25.1 Å². The third-order valence-electron chi connectivity index (χ3n) is 4.86. The van der Waals surface area contributed by atoms with Crippen LogP contribution < -0.4 is 10.2 Å². The van der Waals surface area contributed by atoms with Crippen LogP contribution in [0.15, 0.2) is 47.7 Å². The molecule has 0 aliphatic carbocycles. The Balaban J connectivity index is 1.42. The summed E-state index contributed by atoms with van der Waals surface area (Å²) in [6.45, 7) is 5.78. The summed E-state index contributed by atoms with van der Waals surface area (Å²) < 4.78 is 7.52. The van der Waals surface area contributed by atoms with Crippen LogP contribution in [0.3, 0.4) is 0 Å². The summed E-state index contributed by atoms with van der Waals surface area (Å²) in [6.07, 6.45) is 3.58. The Hall–Kier alpha value is -2.87. The molecule has 1 amide bonds. The molecule has 1 atom stereocenters. The summed E-state index contributed by atoms with van der Waals surface area (Å²) in [5.41, 5.74) is 2.01. The van der Waals surface area contributed by atoms with Crippen molar-refractivity contribution in [2.45, 2.75) is 13.5 Å². The third-order valence-corrected chi connectivity index (χ3v) is 4.86. The molecule has 0 radical (unpaired) electrons. The molecule has 1 N–H and O–H groups in total. The van der Waals surface area contributed by atoms with E-state index in [2.05, 4.69) is 34.5 Å². The lowest BCUT2D eigenvalue weighted by Gasteiger charge is -2.35. The van der Waals surface area contributed by atoms with Gasteiger partial charge in [-0.3, -0.25) is 14.5 Å². The molecule has 1 aromatic carbocycles. The zero-order valence-corrected chi connectivity index (χ0v) is 17.4. The summed E-state index contributed by atoms with van der Waals surface area (Å²) >= 11 is 0. The van der Waals surface area contributed by atoms with Crippen LogP contribution in [0.1, 0.15) is 12.5 Å². The van der Waals surface area contributed by atoms with Crippen molar-refractivity contribution in [3.63, 3.8) is 0 Å². The number of hydrogen-bond donors (Lipinski definition) is 1. The number of hydrogen-bond acceptors (Lipinski definition) is 4. The minimum absolute atomic E-state index is 0.0476. The molecule has 1 aliphatic heterocycles. The Morgan fingerprint density at radius 3 is 2.76 bits per heavy atom. The second kappa shape index (κ2) is 10.1. The summed E-state index contributed by atoms with van der Waals surface area (Å²) in [4.78, 5) is 20.7. The van der Waals surface area contributed by atoms with Crippen molar-refractivity contribution in [3.05, 3.63) is 48.3 Å². The van der Waals surface area contributed by atoms with Crippen molar-refractivity contribution < 1.29 is 9.53 Å². The number of anilines is 1. The molecule has 1 fully saturated rings. The van der Waals surface area contributed by atoms with Crippen LogP contribution in [-0.2, 0) is 23.2 Å². The van der Waals surface area contributed by atoms with Gasteiger partial charge in [0.2, 0.25) is 5.91 Å². The van der Waals surface area contributed by atoms with Gasteiger partial charge in [-0.1, -0.05) is 37.3 Å². The number of nitrogens with one attached hydrogen (secondary N) is 1. The number of benzene rings is 1. The molecule has 3 rings (SSSR count). The van der Waals surface area contributed by atoms with Crippen molar-refractivity contribution >= 4 is 17.6 Å². The van der Waals surface area contributed by atoms with E-state index in [0.29, 0.717) is 32.2 Å². The van der Waals surface area contributed by atoms with E-state index in [1.807, 2.05) is 36.3 Å². The predicted molar refractivity (Wildman–Crippen MR) is 114 cm³/mol. The quantitative estimate of drug-likeness (QED) is 0.565. The molecule has 1 saturated heterocycles. The van der Waals surface area contributed by atoms with Gasteiger partial charge in [0, 0.05) is 39.9 Å². The van der Waals surface area contributed by atoms with Gasteiger partial charge in [-0.2, -0.15) is 5.10 Å². The first-order chi connectivity index (χ1) is 14.1. The van der Waals surface area contributed by atoms with Crippen molar-refractivity contribution in [2.24, 2.45) is 18.0 Å². The van der Waals surface area contributed by atoms with Gasteiger partial charge >= 0.3 is 0 Å². The smallest absolute Gasteiger partial charge is 0.246 e. The maximum Gasteiger partial charge on any atom is 0.246 e. The summed E-state index contributed by atoms with van der Waals surface area (Å²) in [6, 6.07) is 10.2. The van der Waals surface area contributed by atoms with E-state index in [4.69, 9.17) is 4.74 Å². The summed E-state index contributed by atoms with van der Waals surface area (Å²) in [7, 11) is 3.59. The molecule has 2 aromatic rings. The Morgan fingerprint density at radius 2 is 2.10 bits per heavy atom. The molecule has 2 heterocycles. The third kappa shape index (κ3) is 5.80. The molecule has 1 aromatic heterocycles. The van der Waals surface area contributed by atoms with Crippen molar-refractivity contribution in [2.75, 3.05) is 44.7 Å². The monoisotopic (exact) mass is 398 g/mol. The Bertz CT molecular complexity index is 820. The highest BCUT2D eigenvalue weighted by Gasteiger charge is 2.27. The van der Waals surface area contributed by atoms with E-state index in [1.165, 1.54) is 5.56 Å². The maximum atomic E-state index is 12.6. The van der Waals surface area contributed by atoms with Gasteiger partial charge in [0.25, 0.3) is 0 Å². The number of aryl methyl sites for hydroxylation is 1. The average Bonchev–Trinajstić information content (AvgIpc) is 3.15. The Labute approximate surface area is 172 Å². The summed E-state index contributed by atoms with van der Waals surface area (Å²) in [5.74, 6) is 1.12. The predicted octanol–water partition coefficient (Wildman–Crippen LogP) is 1.50. The number of ether oxygens (including phenoxy) is 1. The van der Waals surface area contributed by atoms with E-state index in [9.17, 15) is 4.79 Å². The largest absolute Gasteiger partial charge is 0.376 e. The average molecular weight is 399 g/mol. The molecule has 1 unspecified atom stereocenters. The number of aromatic nitrogens is 2. The molecular formula is C21H30N6O2. The highest BCUT2D eigenvalue weighted by molar-refractivity contribution is 5.98. The van der Waals surface area contributed by atoms with E-state index in [0.717, 1.165) is 24.7 Å². The van der Waals surface area contributed by atoms with Gasteiger partial charge < -0.3 is 19.9 Å². The van der Waals surface area contributed by atoms with Gasteiger partial charge in [-0.15, -0.1) is 0 Å². The fraction of sp³-hybridized carbons (Fsp3) is 0.476. The van der Waals surface area contributed by atoms with Crippen LogP contribution in [-0.4, -0.2) is 66.4 Å². The second-order valence-corrected chi connectivity index (χ2v) is 7.37. The molecule has 0 spiro atoms. The van der Waals surface area contributed by atoms with Crippen molar-refractivity contribution in [1.29, 1.82) is 0 Å². The minimum atomic E-state index is 0.0476. The number of carbonyl (C=O) groups excluding carboxylic acids is 1. The fourth-order valence-electron chi connectivity index (χ4n) is 3.28. The molecule has 29 heavy (non-hydrogen) atoms. The topological polar surface area (TPSA) is 75.0 Å². The molecule has 0 saturated carbocycles. The number of piperazine rings is 1. The number of guanidine groups is 1. The van der Waals surface area contributed by atoms with E-state index >= 15 is 0 Å². The number of aliphatic imine (C=N–C) groups is 1. The highest BCUT2D eigenvalue weighted by atomic mass is 16.5. The normalized spacial score (nSPS) is 16.2. The van der Waals surface area contributed by atoms with Crippen LogP contribution in [0.25, 0.3) is 0 Å². The molecule has 1 aliphatic rings. The first-order valence-corrected chi connectivity index (χ1v) is 9.93. The molecule has 156 valence electrons. The molecule has 8 heteroatoms. The highest BCUT2D eigenvalue weighted by Crippen LogP contribution is 2.16. The molecular weight excluding hydrogens is 368 g/mol. The van der Waals surface area contributed by atoms with Crippen LogP contribution in [0.4, 0.5) is 5.69 Å². The Morgan fingerprint density at radius 1 is 1.31 bits per heavy atom. The first-order valence-electron chi connectivity index (χ1n) is 9.93. The zero-order chi connectivity index (χ0) is 20.6. The minimum Gasteiger partial charge on any atom is -0.376 e. The lowest BCUT2D eigenvalue weighted by molar-refractivity contribution is -0.120. The number of carbonyl (C=O) groups is 1. The second-order valence-electron chi connectivity index (χ2n) is 7.37. The van der Waals surface area contributed by atoms with Gasteiger partial charge in [0.1, 0.15) is 6.54 Å². The Kier molecular flexibility index (Phi) is 7.24. The molecule has 8 nitrogen and oxygen atoms in total. The fourth-order valence-corrected chi connectivity index (χ4v) is 3.28. The van der Waals surface area contributed by atoms with Crippen molar-refractivity contribution in [3.8, 4) is 0 Å². The number of rotatable bonds is 7. The number of amides is 1. The van der Waals surface area contributed by atoms with E-state index in [-0.39, 0.29) is 5.91 Å².